The zero-order chi connectivity index (χ0) is 18.8. The molecule has 1 amide bonds. The molecule has 3 rings (SSSR count). The molecule has 0 N–H and O–H groups in total. The minimum absolute atomic E-state index is 0.00714. The molecule has 5 heteroatoms. The number of amides is 1. The Labute approximate surface area is 155 Å². The predicted octanol–water partition coefficient (Wildman–Crippen LogP) is 4.40. The molecule has 1 aliphatic rings. The average Bonchev–Trinajstić information content (AvgIpc) is 2.99. The molecule has 0 radical (unpaired) electrons. The van der Waals surface area contributed by atoms with E-state index in [-0.39, 0.29) is 17.8 Å². The number of hydrogen-bond acceptors (Lipinski definition) is 2. The van der Waals surface area contributed by atoms with Gasteiger partial charge in [0.15, 0.2) is 5.69 Å². The molecule has 1 aromatic heterocycles. The van der Waals surface area contributed by atoms with Crippen molar-refractivity contribution in [3.05, 3.63) is 47.0 Å². The number of fused-ring (bicyclic) bond motifs is 1. The van der Waals surface area contributed by atoms with E-state index in [1.807, 2.05) is 23.4 Å². The minimum Gasteiger partial charge on any atom is -0.335 e. The van der Waals surface area contributed by atoms with Gasteiger partial charge in [0, 0.05) is 23.8 Å². The van der Waals surface area contributed by atoms with Crippen molar-refractivity contribution in [2.75, 3.05) is 6.54 Å². The van der Waals surface area contributed by atoms with E-state index in [1.54, 1.807) is 12.1 Å². The smallest absolute Gasteiger partial charge is 0.274 e. The summed E-state index contributed by atoms with van der Waals surface area (Å²) in [5.41, 5.74) is 3.54. The van der Waals surface area contributed by atoms with Gasteiger partial charge in [0.1, 0.15) is 5.82 Å². The van der Waals surface area contributed by atoms with E-state index >= 15 is 0 Å². The van der Waals surface area contributed by atoms with Crippen LogP contribution in [0.2, 0.25) is 0 Å². The van der Waals surface area contributed by atoms with Crippen molar-refractivity contribution < 1.29 is 9.18 Å². The first-order valence-electron chi connectivity index (χ1n) is 9.56. The Morgan fingerprint density at radius 1 is 1.15 bits per heavy atom. The highest BCUT2D eigenvalue weighted by molar-refractivity contribution is 5.94. The van der Waals surface area contributed by atoms with Gasteiger partial charge in [-0.1, -0.05) is 13.8 Å². The molecule has 1 aromatic carbocycles. The fourth-order valence-corrected chi connectivity index (χ4v) is 3.62. The maximum Gasteiger partial charge on any atom is 0.274 e. The highest BCUT2D eigenvalue weighted by atomic mass is 19.1. The highest BCUT2D eigenvalue weighted by Crippen LogP contribution is 2.28. The maximum atomic E-state index is 13.3. The zero-order valence-electron chi connectivity index (χ0n) is 16.1. The molecule has 2 aromatic rings. The zero-order valence-corrected chi connectivity index (χ0v) is 16.1. The summed E-state index contributed by atoms with van der Waals surface area (Å²) >= 11 is 0. The van der Waals surface area contributed by atoms with Gasteiger partial charge >= 0.3 is 0 Å². The molecule has 0 atom stereocenters. The second kappa shape index (κ2) is 7.60. The molecule has 0 saturated carbocycles. The fraction of sp³-hybridized carbons (Fsp3) is 0.524. The van der Waals surface area contributed by atoms with Crippen molar-refractivity contribution in [2.45, 2.75) is 59.4 Å². The van der Waals surface area contributed by atoms with E-state index in [4.69, 9.17) is 5.10 Å². The lowest BCUT2D eigenvalue weighted by molar-refractivity contribution is 0.0674. The van der Waals surface area contributed by atoms with Gasteiger partial charge in [-0.15, -0.1) is 0 Å². The quantitative estimate of drug-likeness (QED) is 0.796. The van der Waals surface area contributed by atoms with Crippen molar-refractivity contribution >= 4 is 5.91 Å². The molecule has 26 heavy (non-hydrogen) atoms. The Morgan fingerprint density at radius 3 is 2.42 bits per heavy atom. The standard InChI is InChI=1S/C21H28FN3O/c1-14(2)13-24(15(3)4)21(26)20-18-7-5-6-8-19(18)25(23-20)17-11-9-16(22)10-12-17/h9-12,14-15H,5-8,13H2,1-4H3. The van der Waals surface area contributed by atoms with Gasteiger partial charge in [0.25, 0.3) is 5.91 Å². The van der Waals surface area contributed by atoms with Crippen LogP contribution in [0.4, 0.5) is 4.39 Å². The van der Waals surface area contributed by atoms with Gasteiger partial charge in [0.2, 0.25) is 0 Å². The summed E-state index contributed by atoms with van der Waals surface area (Å²) in [6.07, 6.45) is 3.95. The summed E-state index contributed by atoms with van der Waals surface area (Å²) in [4.78, 5) is 15.2. The maximum absolute atomic E-state index is 13.3. The highest BCUT2D eigenvalue weighted by Gasteiger charge is 2.29. The van der Waals surface area contributed by atoms with Gasteiger partial charge < -0.3 is 4.90 Å². The van der Waals surface area contributed by atoms with Crippen LogP contribution in [0.3, 0.4) is 0 Å². The molecule has 0 bridgehead atoms. The van der Waals surface area contributed by atoms with Crippen molar-refractivity contribution in [2.24, 2.45) is 5.92 Å². The largest absolute Gasteiger partial charge is 0.335 e. The number of carbonyl (C=O) groups is 1. The monoisotopic (exact) mass is 357 g/mol. The number of carbonyl (C=O) groups excluding carboxylic acids is 1. The van der Waals surface area contributed by atoms with Crippen molar-refractivity contribution in [3.63, 3.8) is 0 Å². The number of halogens is 1. The lowest BCUT2D eigenvalue weighted by Gasteiger charge is -2.28. The first-order chi connectivity index (χ1) is 12.4. The van der Waals surface area contributed by atoms with Gasteiger partial charge in [-0.05, 0) is 69.7 Å². The van der Waals surface area contributed by atoms with Gasteiger partial charge in [-0.25, -0.2) is 9.07 Å². The van der Waals surface area contributed by atoms with Crippen molar-refractivity contribution in [1.82, 2.24) is 14.7 Å². The number of nitrogens with zero attached hydrogens (tertiary/aromatic N) is 3. The van der Waals surface area contributed by atoms with Crippen LogP contribution in [0.5, 0.6) is 0 Å². The van der Waals surface area contributed by atoms with Crippen LogP contribution >= 0.6 is 0 Å². The second-order valence-corrected chi connectivity index (χ2v) is 7.81. The molecule has 4 nitrogen and oxygen atoms in total. The van der Waals surface area contributed by atoms with E-state index in [9.17, 15) is 9.18 Å². The normalized spacial score (nSPS) is 14.0. The van der Waals surface area contributed by atoms with E-state index in [1.165, 1.54) is 12.1 Å². The summed E-state index contributed by atoms with van der Waals surface area (Å²) in [6.45, 7) is 9.05. The summed E-state index contributed by atoms with van der Waals surface area (Å²) in [5.74, 6) is 0.137. The Hall–Kier alpha value is -2.17. The molecule has 0 fully saturated rings. The summed E-state index contributed by atoms with van der Waals surface area (Å²) in [5, 5.41) is 4.71. The van der Waals surface area contributed by atoms with Crippen LogP contribution in [0, 0.1) is 11.7 Å². The third-order valence-electron chi connectivity index (χ3n) is 4.90. The van der Waals surface area contributed by atoms with E-state index in [0.29, 0.717) is 18.2 Å². The van der Waals surface area contributed by atoms with E-state index in [2.05, 4.69) is 13.8 Å². The minimum atomic E-state index is -0.269. The van der Waals surface area contributed by atoms with E-state index < -0.39 is 0 Å². The third-order valence-corrected chi connectivity index (χ3v) is 4.90. The Bertz CT molecular complexity index is 777. The van der Waals surface area contributed by atoms with E-state index in [0.717, 1.165) is 42.6 Å². The van der Waals surface area contributed by atoms with Gasteiger partial charge in [0.05, 0.1) is 5.69 Å². The van der Waals surface area contributed by atoms with Crippen LogP contribution in [0.25, 0.3) is 5.69 Å². The molecular weight excluding hydrogens is 329 g/mol. The average molecular weight is 357 g/mol. The molecule has 0 unspecified atom stereocenters. The molecule has 1 aliphatic carbocycles. The molecule has 0 aliphatic heterocycles. The molecule has 0 saturated heterocycles. The number of rotatable bonds is 5. The van der Waals surface area contributed by atoms with Crippen LogP contribution in [-0.2, 0) is 12.8 Å². The third kappa shape index (κ3) is 3.67. The van der Waals surface area contributed by atoms with Crippen LogP contribution in [0.15, 0.2) is 24.3 Å². The summed E-state index contributed by atoms with van der Waals surface area (Å²) in [7, 11) is 0. The van der Waals surface area contributed by atoms with Crippen LogP contribution in [-0.4, -0.2) is 33.2 Å². The number of aromatic nitrogens is 2. The first-order valence-corrected chi connectivity index (χ1v) is 9.56. The summed E-state index contributed by atoms with van der Waals surface area (Å²) < 4.78 is 15.1. The Balaban J connectivity index is 2.04. The second-order valence-electron chi connectivity index (χ2n) is 7.81. The fourth-order valence-electron chi connectivity index (χ4n) is 3.62. The number of hydrogen-bond donors (Lipinski definition) is 0. The Kier molecular flexibility index (Phi) is 5.44. The topological polar surface area (TPSA) is 38.1 Å². The molecule has 0 spiro atoms. The molecule has 1 heterocycles. The van der Waals surface area contributed by atoms with Gasteiger partial charge in [-0.3, -0.25) is 4.79 Å². The van der Waals surface area contributed by atoms with Crippen LogP contribution < -0.4 is 0 Å². The van der Waals surface area contributed by atoms with Crippen molar-refractivity contribution in [1.29, 1.82) is 0 Å². The lowest BCUT2D eigenvalue weighted by Crippen LogP contribution is -2.40. The SMILES string of the molecule is CC(C)CN(C(=O)c1nn(-c2ccc(F)cc2)c2c1CCCC2)C(C)C. The predicted molar refractivity (Wildman–Crippen MR) is 101 cm³/mol. The summed E-state index contributed by atoms with van der Waals surface area (Å²) in [6, 6.07) is 6.44. The van der Waals surface area contributed by atoms with Gasteiger partial charge in [-0.2, -0.15) is 5.10 Å². The first kappa shape index (κ1) is 18.6. The lowest BCUT2D eigenvalue weighted by atomic mass is 9.95. The molecular formula is C21H28FN3O. The molecule has 140 valence electrons. The number of benzene rings is 1. The van der Waals surface area contributed by atoms with Crippen LogP contribution in [0.1, 0.15) is 62.3 Å². The van der Waals surface area contributed by atoms with Crippen molar-refractivity contribution in [3.8, 4) is 5.69 Å². The Morgan fingerprint density at radius 2 is 1.81 bits per heavy atom.